The molecule has 2 aliphatic rings. The lowest BCUT2D eigenvalue weighted by atomic mass is 9.81. The van der Waals surface area contributed by atoms with Gasteiger partial charge in [-0.25, -0.2) is 9.97 Å². The van der Waals surface area contributed by atoms with Crippen molar-refractivity contribution in [2.24, 2.45) is 0 Å². The number of benzene rings is 1. The van der Waals surface area contributed by atoms with E-state index in [4.69, 9.17) is 4.74 Å². The lowest BCUT2D eigenvalue weighted by Gasteiger charge is -2.39. The summed E-state index contributed by atoms with van der Waals surface area (Å²) in [4.78, 5) is 8.65. The number of nitrogens with one attached hydrogen (secondary N) is 2. The molecule has 27 heavy (non-hydrogen) atoms. The van der Waals surface area contributed by atoms with E-state index in [9.17, 15) is 0 Å². The van der Waals surface area contributed by atoms with Gasteiger partial charge in [-0.1, -0.05) is 24.3 Å². The molecule has 0 unspecified atom stereocenters. The molecule has 5 rings (SSSR count). The normalized spacial score (nSPS) is 25.6. The first-order chi connectivity index (χ1) is 13.2. The van der Waals surface area contributed by atoms with Crippen LogP contribution in [-0.4, -0.2) is 37.9 Å². The molecule has 0 radical (unpaired) electrons. The molecule has 0 bridgehead atoms. The summed E-state index contributed by atoms with van der Waals surface area (Å²) in [5, 5.41) is 11.6. The number of H-pyrrole nitrogens is 1. The highest BCUT2D eigenvalue weighted by Crippen LogP contribution is 2.35. The first kappa shape index (κ1) is 16.7. The van der Waals surface area contributed by atoms with Crippen molar-refractivity contribution in [3.05, 3.63) is 47.9 Å². The molecule has 2 N–H and O–H groups in total. The summed E-state index contributed by atoms with van der Waals surface area (Å²) in [6.07, 6.45) is 10.5. The Morgan fingerprint density at radius 3 is 2.56 bits per heavy atom. The van der Waals surface area contributed by atoms with Gasteiger partial charge in [0.25, 0.3) is 0 Å². The van der Waals surface area contributed by atoms with E-state index in [1.54, 1.807) is 12.5 Å². The summed E-state index contributed by atoms with van der Waals surface area (Å²) in [5.74, 6) is 0.863. The molecule has 140 valence electrons. The number of ether oxygens (including phenoxy) is 1. The minimum Gasteiger partial charge on any atom is -0.374 e. The van der Waals surface area contributed by atoms with Crippen LogP contribution >= 0.6 is 0 Å². The lowest BCUT2D eigenvalue weighted by molar-refractivity contribution is -0.0314. The van der Waals surface area contributed by atoms with E-state index < -0.39 is 0 Å². The zero-order valence-electron chi connectivity index (χ0n) is 15.6. The average Bonchev–Trinajstić information content (AvgIpc) is 3.30. The van der Waals surface area contributed by atoms with Gasteiger partial charge in [-0.2, -0.15) is 5.10 Å². The topological polar surface area (TPSA) is 75.7 Å². The van der Waals surface area contributed by atoms with E-state index in [1.807, 2.05) is 0 Å². The highest BCUT2D eigenvalue weighted by molar-refractivity contribution is 5.85. The Balaban J connectivity index is 1.19. The molecule has 0 spiro atoms. The molecule has 1 fully saturated rings. The molecule has 6 nitrogen and oxygen atoms in total. The Morgan fingerprint density at radius 1 is 1.07 bits per heavy atom. The van der Waals surface area contributed by atoms with Crippen LogP contribution in [0.1, 0.15) is 43.7 Å². The highest BCUT2D eigenvalue weighted by Gasteiger charge is 2.34. The predicted molar refractivity (Wildman–Crippen MR) is 105 cm³/mol. The molecule has 2 heterocycles. The Morgan fingerprint density at radius 2 is 1.81 bits per heavy atom. The third-order valence-electron chi connectivity index (χ3n) is 6.10. The van der Waals surface area contributed by atoms with Gasteiger partial charge in [-0.3, -0.25) is 5.10 Å². The number of fused-ring (bicyclic) bond motifs is 2. The standard InChI is InChI=1S/C21H25N5O/c1-21(25-19-18-12-24-26-20(18)23-13-22-19)8-6-16(7-9-21)27-17-10-14-4-2-3-5-15(14)11-17/h2-5,12-13,16-17H,6-11H2,1H3,(H2,22,23,24,25,26). The molecule has 2 aliphatic carbocycles. The number of nitrogens with zero attached hydrogens (tertiary/aromatic N) is 3. The van der Waals surface area contributed by atoms with Crippen molar-refractivity contribution < 1.29 is 4.74 Å². The number of anilines is 1. The molecule has 2 aromatic heterocycles. The Hall–Kier alpha value is -2.47. The fraction of sp³-hybridized carbons (Fsp3) is 0.476. The van der Waals surface area contributed by atoms with Gasteiger partial charge in [0.15, 0.2) is 5.65 Å². The summed E-state index contributed by atoms with van der Waals surface area (Å²) in [6.45, 7) is 2.28. The van der Waals surface area contributed by atoms with Crippen LogP contribution < -0.4 is 5.32 Å². The van der Waals surface area contributed by atoms with Crippen LogP contribution in [0.5, 0.6) is 0 Å². The fourth-order valence-corrected chi connectivity index (χ4v) is 4.53. The maximum absolute atomic E-state index is 6.47. The molecule has 1 aromatic carbocycles. The van der Waals surface area contributed by atoms with Crippen molar-refractivity contribution in [3.8, 4) is 0 Å². The fourth-order valence-electron chi connectivity index (χ4n) is 4.53. The predicted octanol–water partition coefficient (Wildman–Crippen LogP) is 3.65. The van der Waals surface area contributed by atoms with Gasteiger partial charge < -0.3 is 10.1 Å². The van der Waals surface area contributed by atoms with Crippen LogP contribution in [0.3, 0.4) is 0 Å². The van der Waals surface area contributed by atoms with Crippen molar-refractivity contribution >= 4 is 16.9 Å². The third kappa shape index (κ3) is 3.30. The van der Waals surface area contributed by atoms with E-state index in [0.29, 0.717) is 12.2 Å². The quantitative estimate of drug-likeness (QED) is 0.740. The number of aromatic amines is 1. The van der Waals surface area contributed by atoms with Crippen molar-refractivity contribution in [2.45, 2.75) is 63.2 Å². The molecule has 0 saturated heterocycles. The van der Waals surface area contributed by atoms with Gasteiger partial charge in [0.2, 0.25) is 0 Å². The summed E-state index contributed by atoms with van der Waals surface area (Å²) in [6, 6.07) is 8.73. The van der Waals surface area contributed by atoms with Crippen molar-refractivity contribution in [3.63, 3.8) is 0 Å². The molecule has 3 aromatic rings. The molecule has 0 aliphatic heterocycles. The second-order valence-electron chi connectivity index (χ2n) is 8.17. The second kappa shape index (κ2) is 6.60. The maximum atomic E-state index is 6.47. The summed E-state index contributed by atoms with van der Waals surface area (Å²) < 4.78 is 6.47. The third-order valence-corrected chi connectivity index (χ3v) is 6.10. The SMILES string of the molecule is CC1(Nc2ncnc3[nH]ncc23)CCC(OC2Cc3ccccc3C2)CC1. The van der Waals surface area contributed by atoms with Gasteiger partial charge in [-0.05, 0) is 56.6 Å². The van der Waals surface area contributed by atoms with Gasteiger partial charge >= 0.3 is 0 Å². The van der Waals surface area contributed by atoms with Crippen LogP contribution in [0.2, 0.25) is 0 Å². The number of rotatable bonds is 4. The minimum absolute atomic E-state index is 0.0249. The van der Waals surface area contributed by atoms with Crippen LogP contribution in [0.4, 0.5) is 5.82 Å². The molecular formula is C21H25N5O. The Kier molecular flexibility index (Phi) is 4.08. The number of aromatic nitrogens is 4. The van der Waals surface area contributed by atoms with E-state index in [0.717, 1.165) is 55.4 Å². The van der Waals surface area contributed by atoms with Crippen LogP contribution in [-0.2, 0) is 17.6 Å². The van der Waals surface area contributed by atoms with Crippen LogP contribution in [0, 0.1) is 0 Å². The smallest absolute Gasteiger partial charge is 0.160 e. The molecular weight excluding hydrogens is 338 g/mol. The zero-order valence-corrected chi connectivity index (χ0v) is 15.6. The van der Waals surface area contributed by atoms with Crippen LogP contribution in [0.15, 0.2) is 36.8 Å². The second-order valence-corrected chi connectivity index (χ2v) is 8.17. The van der Waals surface area contributed by atoms with E-state index >= 15 is 0 Å². The van der Waals surface area contributed by atoms with Gasteiger partial charge in [-0.15, -0.1) is 0 Å². The van der Waals surface area contributed by atoms with Gasteiger partial charge in [0, 0.05) is 5.54 Å². The highest BCUT2D eigenvalue weighted by atomic mass is 16.5. The molecule has 6 heteroatoms. The largest absolute Gasteiger partial charge is 0.374 e. The monoisotopic (exact) mass is 363 g/mol. The maximum Gasteiger partial charge on any atom is 0.160 e. The first-order valence-electron chi connectivity index (χ1n) is 9.83. The molecule has 0 amide bonds. The summed E-state index contributed by atoms with van der Waals surface area (Å²) >= 11 is 0. The van der Waals surface area contributed by atoms with E-state index in [-0.39, 0.29) is 5.54 Å². The Bertz CT molecular complexity index is 919. The number of hydrogen-bond donors (Lipinski definition) is 2. The lowest BCUT2D eigenvalue weighted by Crippen LogP contribution is -2.41. The average molecular weight is 363 g/mol. The molecule has 0 atom stereocenters. The Labute approximate surface area is 158 Å². The number of hydrogen-bond acceptors (Lipinski definition) is 5. The first-order valence-corrected chi connectivity index (χ1v) is 9.83. The van der Waals surface area contributed by atoms with Gasteiger partial charge in [0.1, 0.15) is 12.1 Å². The van der Waals surface area contributed by atoms with Crippen molar-refractivity contribution in [2.75, 3.05) is 5.32 Å². The zero-order chi connectivity index (χ0) is 18.3. The minimum atomic E-state index is 0.0249. The van der Waals surface area contributed by atoms with E-state index in [1.165, 1.54) is 11.1 Å². The molecule has 1 saturated carbocycles. The van der Waals surface area contributed by atoms with Crippen molar-refractivity contribution in [1.29, 1.82) is 0 Å². The van der Waals surface area contributed by atoms with Crippen molar-refractivity contribution in [1.82, 2.24) is 20.2 Å². The van der Waals surface area contributed by atoms with E-state index in [2.05, 4.69) is 56.7 Å². The summed E-state index contributed by atoms with van der Waals surface area (Å²) in [5.41, 5.74) is 3.71. The van der Waals surface area contributed by atoms with Crippen LogP contribution in [0.25, 0.3) is 11.0 Å². The van der Waals surface area contributed by atoms with Gasteiger partial charge in [0.05, 0.1) is 23.8 Å². The summed E-state index contributed by atoms with van der Waals surface area (Å²) in [7, 11) is 0.